The first-order chi connectivity index (χ1) is 5.52. The fourth-order valence-corrected chi connectivity index (χ4v) is 1.64. The summed E-state index contributed by atoms with van der Waals surface area (Å²) >= 11 is 0. The van der Waals surface area contributed by atoms with E-state index in [1.807, 2.05) is 20.8 Å². The van der Waals surface area contributed by atoms with Gasteiger partial charge in [-0.2, -0.15) is 0 Å². The number of benzene rings is 1. The van der Waals surface area contributed by atoms with E-state index in [9.17, 15) is 4.39 Å². The van der Waals surface area contributed by atoms with Crippen molar-refractivity contribution in [2.24, 2.45) is 5.73 Å². The maximum absolute atomic E-state index is 12.8. The molecule has 66 valence electrons. The van der Waals surface area contributed by atoms with Crippen molar-refractivity contribution in [1.82, 2.24) is 0 Å². The fraction of sp³-hybridized carbons (Fsp3) is 0.400. The molecular formula is C10H14FN. The molecule has 0 radical (unpaired) electrons. The summed E-state index contributed by atoms with van der Waals surface area (Å²) in [6.07, 6.45) is 0. The average Bonchev–Trinajstić information content (AvgIpc) is 1.82. The molecule has 12 heavy (non-hydrogen) atoms. The summed E-state index contributed by atoms with van der Waals surface area (Å²) < 4.78 is 12.8. The molecule has 0 aliphatic carbocycles. The van der Waals surface area contributed by atoms with Gasteiger partial charge in [-0.25, -0.2) is 4.39 Å². The molecule has 1 rings (SSSR count). The van der Waals surface area contributed by atoms with Gasteiger partial charge < -0.3 is 5.73 Å². The monoisotopic (exact) mass is 167 g/mol. The Bertz CT molecular complexity index is 269. The number of hydrogen-bond acceptors (Lipinski definition) is 1. The third kappa shape index (κ3) is 1.64. The van der Waals surface area contributed by atoms with Crippen LogP contribution in [0, 0.1) is 19.7 Å². The molecule has 0 spiro atoms. The summed E-state index contributed by atoms with van der Waals surface area (Å²) in [6.45, 7) is 5.68. The minimum absolute atomic E-state index is 0.0226. The van der Waals surface area contributed by atoms with Gasteiger partial charge in [0, 0.05) is 6.04 Å². The highest BCUT2D eigenvalue weighted by molar-refractivity contribution is 5.36. The zero-order valence-corrected chi connectivity index (χ0v) is 7.69. The first-order valence-electron chi connectivity index (χ1n) is 4.04. The Hall–Kier alpha value is -0.890. The predicted molar refractivity (Wildman–Crippen MR) is 48.5 cm³/mol. The van der Waals surface area contributed by atoms with Gasteiger partial charge in [0.2, 0.25) is 0 Å². The Morgan fingerprint density at radius 2 is 1.67 bits per heavy atom. The van der Waals surface area contributed by atoms with Crippen LogP contribution in [-0.2, 0) is 0 Å². The quantitative estimate of drug-likeness (QED) is 0.683. The molecule has 0 aromatic heterocycles. The molecule has 0 aliphatic heterocycles. The van der Waals surface area contributed by atoms with Crippen LogP contribution >= 0.6 is 0 Å². The van der Waals surface area contributed by atoms with E-state index in [0.29, 0.717) is 0 Å². The molecule has 0 bridgehead atoms. The summed E-state index contributed by atoms with van der Waals surface area (Å²) in [5.74, 6) is -0.186. The van der Waals surface area contributed by atoms with Crippen LogP contribution in [0.3, 0.4) is 0 Å². The molecule has 1 aromatic carbocycles. The highest BCUT2D eigenvalue weighted by Gasteiger charge is 2.08. The number of hydrogen-bond donors (Lipinski definition) is 1. The zero-order valence-electron chi connectivity index (χ0n) is 7.69. The van der Waals surface area contributed by atoms with E-state index in [4.69, 9.17) is 5.73 Å². The second-order valence-electron chi connectivity index (χ2n) is 3.24. The summed E-state index contributed by atoms with van der Waals surface area (Å²) in [4.78, 5) is 0. The highest BCUT2D eigenvalue weighted by atomic mass is 19.1. The summed E-state index contributed by atoms with van der Waals surface area (Å²) in [5, 5.41) is 0. The minimum atomic E-state index is -0.186. The Kier molecular flexibility index (Phi) is 2.48. The lowest BCUT2D eigenvalue weighted by atomic mass is 9.97. The molecule has 0 saturated carbocycles. The molecule has 0 saturated heterocycles. The fourth-order valence-electron chi connectivity index (χ4n) is 1.64. The van der Waals surface area contributed by atoms with Gasteiger partial charge in [-0.05, 0) is 49.6 Å². The molecule has 1 aromatic rings. The van der Waals surface area contributed by atoms with E-state index in [1.165, 1.54) is 12.1 Å². The number of aryl methyl sites for hydroxylation is 2. The van der Waals surface area contributed by atoms with E-state index >= 15 is 0 Å². The van der Waals surface area contributed by atoms with Crippen molar-refractivity contribution in [3.05, 3.63) is 34.6 Å². The van der Waals surface area contributed by atoms with Gasteiger partial charge in [0.15, 0.2) is 0 Å². The van der Waals surface area contributed by atoms with E-state index in [0.717, 1.165) is 16.7 Å². The Morgan fingerprint density at radius 3 is 2.00 bits per heavy atom. The summed E-state index contributed by atoms with van der Waals surface area (Å²) in [5.41, 5.74) is 8.66. The van der Waals surface area contributed by atoms with Gasteiger partial charge in [-0.15, -0.1) is 0 Å². The Balaban J connectivity index is 3.28. The SMILES string of the molecule is Cc1cc(F)cc(C)c1C(C)N. The molecule has 1 atom stereocenters. The van der Waals surface area contributed by atoms with Gasteiger partial charge in [-0.1, -0.05) is 0 Å². The van der Waals surface area contributed by atoms with Crippen LogP contribution in [0.1, 0.15) is 29.7 Å². The van der Waals surface area contributed by atoms with Crippen LogP contribution in [0.15, 0.2) is 12.1 Å². The zero-order chi connectivity index (χ0) is 9.30. The Labute approximate surface area is 72.4 Å². The summed E-state index contributed by atoms with van der Waals surface area (Å²) in [7, 11) is 0. The van der Waals surface area contributed by atoms with Crippen molar-refractivity contribution in [2.75, 3.05) is 0 Å². The van der Waals surface area contributed by atoms with Crippen molar-refractivity contribution >= 4 is 0 Å². The van der Waals surface area contributed by atoms with E-state index < -0.39 is 0 Å². The number of halogens is 1. The van der Waals surface area contributed by atoms with Crippen LogP contribution in [0.25, 0.3) is 0 Å². The molecule has 0 amide bonds. The minimum Gasteiger partial charge on any atom is -0.324 e. The van der Waals surface area contributed by atoms with E-state index in [2.05, 4.69) is 0 Å². The van der Waals surface area contributed by atoms with Gasteiger partial charge in [0.25, 0.3) is 0 Å². The normalized spacial score (nSPS) is 13.1. The lowest BCUT2D eigenvalue weighted by Gasteiger charge is -2.13. The predicted octanol–water partition coefficient (Wildman–Crippen LogP) is 2.46. The van der Waals surface area contributed by atoms with Crippen LogP contribution < -0.4 is 5.73 Å². The molecule has 0 aliphatic rings. The number of nitrogens with two attached hydrogens (primary N) is 1. The standard InChI is InChI=1S/C10H14FN/c1-6-4-9(11)5-7(2)10(6)8(3)12/h4-5,8H,12H2,1-3H3. The molecule has 0 heterocycles. The first kappa shape index (κ1) is 9.20. The molecule has 1 unspecified atom stereocenters. The molecular weight excluding hydrogens is 153 g/mol. The van der Waals surface area contributed by atoms with Crippen LogP contribution in [0.4, 0.5) is 4.39 Å². The van der Waals surface area contributed by atoms with E-state index in [1.54, 1.807) is 0 Å². The van der Waals surface area contributed by atoms with Crippen molar-refractivity contribution < 1.29 is 4.39 Å². The maximum Gasteiger partial charge on any atom is 0.123 e. The smallest absolute Gasteiger partial charge is 0.123 e. The molecule has 0 fully saturated rings. The molecule has 2 N–H and O–H groups in total. The molecule has 1 nitrogen and oxygen atoms in total. The lowest BCUT2D eigenvalue weighted by molar-refractivity contribution is 0.622. The van der Waals surface area contributed by atoms with Gasteiger partial charge >= 0.3 is 0 Å². The van der Waals surface area contributed by atoms with Crippen LogP contribution in [0.5, 0.6) is 0 Å². The highest BCUT2D eigenvalue weighted by Crippen LogP contribution is 2.20. The van der Waals surface area contributed by atoms with Crippen molar-refractivity contribution in [3.63, 3.8) is 0 Å². The second-order valence-corrected chi connectivity index (χ2v) is 3.24. The Morgan fingerprint density at radius 1 is 1.25 bits per heavy atom. The second kappa shape index (κ2) is 3.23. The van der Waals surface area contributed by atoms with Crippen LogP contribution in [-0.4, -0.2) is 0 Å². The first-order valence-corrected chi connectivity index (χ1v) is 4.04. The average molecular weight is 167 g/mol. The van der Waals surface area contributed by atoms with Gasteiger partial charge in [0.05, 0.1) is 0 Å². The summed E-state index contributed by atoms with van der Waals surface area (Å²) in [6, 6.07) is 3.02. The largest absolute Gasteiger partial charge is 0.324 e. The van der Waals surface area contributed by atoms with Crippen molar-refractivity contribution in [1.29, 1.82) is 0 Å². The van der Waals surface area contributed by atoms with Crippen molar-refractivity contribution in [3.8, 4) is 0 Å². The maximum atomic E-state index is 12.8. The third-order valence-electron chi connectivity index (χ3n) is 2.01. The van der Waals surface area contributed by atoms with E-state index in [-0.39, 0.29) is 11.9 Å². The third-order valence-corrected chi connectivity index (χ3v) is 2.01. The van der Waals surface area contributed by atoms with Crippen LogP contribution in [0.2, 0.25) is 0 Å². The van der Waals surface area contributed by atoms with Gasteiger partial charge in [0.1, 0.15) is 5.82 Å². The van der Waals surface area contributed by atoms with Gasteiger partial charge in [-0.3, -0.25) is 0 Å². The number of rotatable bonds is 1. The molecule has 2 heteroatoms. The topological polar surface area (TPSA) is 26.0 Å². The lowest BCUT2D eigenvalue weighted by Crippen LogP contribution is -2.09. The van der Waals surface area contributed by atoms with Crippen molar-refractivity contribution in [2.45, 2.75) is 26.8 Å².